The van der Waals surface area contributed by atoms with Crippen molar-refractivity contribution in [1.29, 1.82) is 0 Å². The maximum atomic E-state index is 12.5. The standard InChI is InChI=1S/C17H16O3/c1-19-10-11-20-17-14-8-4-2-6-12(14)16(18)13-7-3-5-9-15(13)17/h2-9,17H,10-11H2,1H3. The fraction of sp³-hybridized carbons (Fsp3) is 0.235. The number of carbonyl (C=O) groups excluding carboxylic acids is 1. The van der Waals surface area contributed by atoms with Crippen LogP contribution in [-0.4, -0.2) is 26.1 Å². The van der Waals surface area contributed by atoms with Gasteiger partial charge in [-0.25, -0.2) is 0 Å². The molecule has 2 aromatic carbocycles. The van der Waals surface area contributed by atoms with Crippen molar-refractivity contribution >= 4 is 5.78 Å². The first kappa shape index (κ1) is 13.0. The number of hydrogen-bond acceptors (Lipinski definition) is 3. The van der Waals surface area contributed by atoms with Gasteiger partial charge >= 0.3 is 0 Å². The van der Waals surface area contributed by atoms with E-state index in [4.69, 9.17) is 9.47 Å². The Morgan fingerprint density at radius 2 is 1.45 bits per heavy atom. The predicted octanol–water partition coefficient (Wildman–Crippen LogP) is 2.98. The lowest BCUT2D eigenvalue weighted by atomic mass is 9.83. The first-order valence-electron chi connectivity index (χ1n) is 6.66. The molecule has 1 aliphatic rings. The molecule has 0 atom stereocenters. The molecule has 0 aliphatic heterocycles. The SMILES string of the molecule is COCCOC1c2ccccc2C(=O)c2ccccc21. The van der Waals surface area contributed by atoms with Crippen LogP contribution in [-0.2, 0) is 9.47 Å². The van der Waals surface area contributed by atoms with Gasteiger partial charge < -0.3 is 9.47 Å². The van der Waals surface area contributed by atoms with Crippen LogP contribution in [0.4, 0.5) is 0 Å². The number of fused-ring (bicyclic) bond motifs is 2. The Morgan fingerprint density at radius 1 is 0.900 bits per heavy atom. The lowest BCUT2D eigenvalue weighted by Gasteiger charge is -2.27. The van der Waals surface area contributed by atoms with E-state index in [1.54, 1.807) is 7.11 Å². The molecular weight excluding hydrogens is 252 g/mol. The summed E-state index contributed by atoms with van der Waals surface area (Å²) < 4.78 is 11.0. The zero-order chi connectivity index (χ0) is 13.9. The van der Waals surface area contributed by atoms with Crippen molar-refractivity contribution < 1.29 is 14.3 Å². The van der Waals surface area contributed by atoms with Gasteiger partial charge in [-0.1, -0.05) is 48.5 Å². The van der Waals surface area contributed by atoms with Crippen LogP contribution in [0.25, 0.3) is 0 Å². The van der Waals surface area contributed by atoms with Gasteiger partial charge in [-0.3, -0.25) is 4.79 Å². The summed E-state index contributed by atoms with van der Waals surface area (Å²) in [6.45, 7) is 1.03. The highest BCUT2D eigenvalue weighted by Crippen LogP contribution is 2.36. The van der Waals surface area contributed by atoms with E-state index in [2.05, 4.69) is 0 Å². The molecule has 20 heavy (non-hydrogen) atoms. The zero-order valence-electron chi connectivity index (χ0n) is 11.3. The molecule has 0 N–H and O–H groups in total. The topological polar surface area (TPSA) is 35.5 Å². The van der Waals surface area contributed by atoms with Crippen LogP contribution in [0.3, 0.4) is 0 Å². The van der Waals surface area contributed by atoms with Gasteiger partial charge in [0.2, 0.25) is 0 Å². The Morgan fingerprint density at radius 3 is 2.00 bits per heavy atom. The summed E-state index contributed by atoms with van der Waals surface area (Å²) >= 11 is 0. The van der Waals surface area contributed by atoms with Gasteiger partial charge in [-0.2, -0.15) is 0 Å². The Labute approximate surface area is 118 Å². The molecule has 0 saturated heterocycles. The molecule has 0 bridgehead atoms. The van der Waals surface area contributed by atoms with Gasteiger partial charge in [0, 0.05) is 18.2 Å². The number of ether oxygens (including phenoxy) is 2. The second kappa shape index (κ2) is 5.57. The monoisotopic (exact) mass is 268 g/mol. The zero-order valence-corrected chi connectivity index (χ0v) is 11.3. The van der Waals surface area contributed by atoms with Crippen LogP contribution >= 0.6 is 0 Å². The molecule has 3 nitrogen and oxygen atoms in total. The number of methoxy groups -OCH3 is 1. The molecular formula is C17H16O3. The number of rotatable bonds is 4. The summed E-state index contributed by atoms with van der Waals surface area (Å²) in [6.07, 6.45) is -0.199. The molecule has 0 radical (unpaired) electrons. The first-order chi connectivity index (χ1) is 9.83. The smallest absolute Gasteiger partial charge is 0.193 e. The minimum atomic E-state index is -0.199. The Hall–Kier alpha value is -1.97. The predicted molar refractivity (Wildman–Crippen MR) is 76.0 cm³/mol. The van der Waals surface area contributed by atoms with Crippen LogP contribution in [0.15, 0.2) is 48.5 Å². The molecule has 102 valence electrons. The molecule has 0 amide bonds. The van der Waals surface area contributed by atoms with E-state index in [1.165, 1.54) is 0 Å². The average molecular weight is 268 g/mol. The van der Waals surface area contributed by atoms with Crippen molar-refractivity contribution in [3.05, 3.63) is 70.8 Å². The molecule has 3 rings (SSSR count). The molecule has 0 saturated carbocycles. The van der Waals surface area contributed by atoms with Gasteiger partial charge in [-0.15, -0.1) is 0 Å². The van der Waals surface area contributed by atoms with Crippen LogP contribution in [0.1, 0.15) is 33.2 Å². The molecule has 3 heteroatoms. The Bertz CT molecular complexity index is 584. The molecule has 1 aliphatic carbocycles. The van der Waals surface area contributed by atoms with Gasteiger partial charge in [0.15, 0.2) is 5.78 Å². The number of hydrogen-bond donors (Lipinski definition) is 0. The molecule has 2 aromatic rings. The number of ketones is 1. The van der Waals surface area contributed by atoms with E-state index in [0.717, 1.165) is 22.3 Å². The molecule has 0 unspecified atom stereocenters. The van der Waals surface area contributed by atoms with E-state index in [-0.39, 0.29) is 11.9 Å². The third-order valence-corrected chi connectivity index (χ3v) is 3.55. The number of carbonyl (C=O) groups is 1. The van der Waals surface area contributed by atoms with Crippen LogP contribution in [0.5, 0.6) is 0 Å². The van der Waals surface area contributed by atoms with E-state index >= 15 is 0 Å². The summed E-state index contributed by atoms with van der Waals surface area (Å²) in [6, 6.07) is 15.3. The second-order valence-corrected chi connectivity index (χ2v) is 4.75. The highest BCUT2D eigenvalue weighted by atomic mass is 16.5. The van der Waals surface area contributed by atoms with Crippen LogP contribution < -0.4 is 0 Å². The molecule has 0 aromatic heterocycles. The summed E-state index contributed by atoms with van der Waals surface area (Å²) in [5.74, 6) is 0.0720. The quantitative estimate of drug-likeness (QED) is 0.800. The van der Waals surface area contributed by atoms with Crippen molar-refractivity contribution in [2.45, 2.75) is 6.10 Å². The fourth-order valence-corrected chi connectivity index (χ4v) is 2.61. The normalized spacial score (nSPS) is 13.9. The highest BCUT2D eigenvalue weighted by molar-refractivity contribution is 6.12. The van der Waals surface area contributed by atoms with Crippen molar-refractivity contribution in [3.63, 3.8) is 0 Å². The Balaban J connectivity index is 2.05. The van der Waals surface area contributed by atoms with Crippen molar-refractivity contribution in [2.24, 2.45) is 0 Å². The summed E-state index contributed by atoms with van der Waals surface area (Å²) in [5.41, 5.74) is 3.34. The van der Waals surface area contributed by atoms with E-state index in [9.17, 15) is 4.79 Å². The third kappa shape index (κ3) is 2.15. The summed E-state index contributed by atoms with van der Waals surface area (Å²) in [7, 11) is 1.65. The molecule has 0 spiro atoms. The fourth-order valence-electron chi connectivity index (χ4n) is 2.61. The maximum Gasteiger partial charge on any atom is 0.193 e. The van der Waals surface area contributed by atoms with Crippen molar-refractivity contribution in [1.82, 2.24) is 0 Å². The van der Waals surface area contributed by atoms with Crippen LogP contribution in [0, 0.1) is 0 Å². The highest BCUT2D eigenvalue weighted by Gasteiger charge is 2.30. The third-order valence-electron chi connectivity index (χ3n) is 3.55. The van der Waals surface area contributed by atoms with E-state index in [1.807, 2.05) is 48.5 Å². The minimum Gasteiger partial charge on any atom is -0.382 e. The molecule has 0 fully saturated rings. The summed E-state index contributed by atoms with van der Waals surface area (Å²) in [4.78, 5) is 12.5. The van der Waals surface area contributed by atoms with Crippen molar-refractivity contribution in [2.75, 3.05) is 20.3 Å². The van der Waals surface area contributed by atoms with Gasteiger partial charge in [-0.05, 0) is 11.1 Å². The average Bonchev–Trinajstić information content (AvgIpc) is 2.51. The second-order valence-electron chi connectivity index (χ2n) is 4.75. The largest absolute Gasteiger partial charge is 0.382 e. The van der Waals surface area contributed by atoms with Gasteiger partial charge in [0.25, 0.3) is 0 Å². The van der Waals surface area contributed by atoms with Crippen molar-refractivity contribution in [3.8, 4) is 0 Å². The van der Waals surface area contributed by atoms with Crippen LogP contribution in [0.2, 0.25) is 0 Å². The lowest BCUT2D eigenvalue weighted by Crippen LogP contribution is -2.22. The first-order valence-corrected chi connectivity index (χ1v) is 6.66. The minimum absolute atomic E-state index is 0.0720. The van der Waals surface area contributed by atoms with E-state index < -0.39 is 0 Å². The summed E-state index contributed by atoms with van der Waals surface area (Å²) in [5, 5.41) is 0. The number of benzene rings is 2. The maximum absolute atomic E-state index is 12.5. The molecule has 0 heterocycles. The van der Waals surface area contributed by atoms with Gasteiger partial charge in [0.1, 0.15) is 6.10 Å². The van der Waals surface area contributed by atoms with E-state index in [0.29, 0.717) is 13.2 Å². The Kier molecular flexibility index (Phi) is 3.63. The lowest BCUT2D eigenvalue weighted by molar-refractivity contribution is 0.0338. The van der Waals surface area contributed by atoms with Gasteiger partial charge in [0.05, 0.1) is 13.2 Å².